The second-order valence-corrected chi connectivity index (χ2v) is 8.37. The Morgan fingerprint density at radius 1 is 1.27 bits per heavy atom. The molecule has 3 aliphatic rings. The van der Waals surface area contributed by atoms with E-state index in [1.807, 2.05) is 0 Å². The van der Waals surface area contributed by atoms with E-state index in [0.29, 0.717) is 37.5 Å². The summed E-state index contributed by atoms with van der Waals surface area (Å²) < 4.78 is 6.43. The summed E-state index contributed by atoms with van der Waals surface area (Å²) in [5.41, 5.74) is 1.40. The van der Waals surface area contributed by atoms with Crippen molar-refractivity contribution < 1.29 is 14.3 Å². The molecule has 146 valence electrons. The molecule has 1 spiro atoms. The molecule has 2 amide bonds. The van der Waals surface area contributed by atoms with Crippen LogP contribution in [0.5, 0.6) is 0 Å². The second kappa shape index (κ2) is 8.09. The van der Waals surface area contributed by atoms with Gasteiger partial charge in [0.25, 0.3) is 0 Å². The number of hydrogen-bond acceptors (Lipinski definition) is 4. The lowest BCUT2D eigenvalue weighted by molar-refractivity contribution is -0.121. The van der Waals surface area contributed by atoms with E-state index in [1.165, 1.54) is 12.5 Å². The Labute approximate surface area is 156 Å². The van der Waals surface area contributed by atoms with Crippen LogP contribution in [-0.4, -0.2) is 61.1 Å². The molecule has 3 aliphatic heterocycles. The van der Waals surface area contributed by atoms with Crippen molar-refractivity contribution >= 4 is 11.8 Å². The molecule has 3 heterocycles. The largest absolute Gasteiger partial charge is 0.370 e. The summed E-state index contributed by atoms with van der Waals surface area (Å²) >= 11 is 0. The SMILES string of the molecule is CC(=O)NCCC(=O)NC[C@H]1[C@H]2CN(CCC=C(C)C)C[C@]23CC[C@H]1O3. The van der Waals surface area contributed by atoms with Crippen molar-refractivity contribution in [1.82, 2.24) is 15.5 Å². The summed E-state index contributed by atoms with van der Waals surface area (Å²) in [6.07, 6.45) is 6.31. The number of rotatable bonds is 8. The highest BCUT2D eigenvalue weighted by Gasteiger charge is 2.62. The first-order valence-electron chi connectivity index (χ1n) is 9.94. The molecular weight excluding hydrogens is 330 g/mol. The summed E-state index contributed by atoms with van der Waals surface area (Å²) in [6.45, 7) is 10.1. The van der Waals surface area contributed by atoms with Gasteiger partial charge < -0.3 is 15.4 Å². The topological polar surface area (TPSA) is 70.7 Å². The van der Waals surface area contributed by atoms with Crippen LogP contribution in [0, 0.1) is 11.8 Å². The number of carbonyl (C=O) groups is 2. The van der Waals surface area contributed by atoms with Gasteiger partial charge in [0, 0.05) is 57.9 Å². The summed E-state index contributed by atoms with van der Waals surface area (Å²) in [7, 11) is 0. The zero-order valence-electron chi connectivity index (χ0n) is 16.3. The molecule has 0 aromatic carbocycles. The predicted molar refractivity (Wildman–Crippen MR) is 101 cm³/mol. The highest BCUT2D eigenvalue weighted by Crippen LogP contribution is 2.54. The van der Waals surface area contributed by atoms with Gasteiger partial charge in [0.1, 0.15) is 0 Å². The molecular formula is C20H33N3O3. The number of allylic oxidation sites excluding steroid dienone is 1. The molecule has 2 bridgehead atoms. The third kappa shape index (κ3) is 4.29. The summed E-state index contributed by atoms with van der Waals surface area (Å²) in [6, 6.07) is 0. The van der Waals surface area contributed by atoms with E-state index >= 15 is 0 Å². The summed E-state index contributed by atoms with van der Waals surface area (Å²) in [4.78, 5) is 25.4. The first-order valence-corrected chi connectivity index (χ1v) is 9.94. The van der Waals surface area contributed by atoms with Gasteiger partial charge in [-0.3, -0.25) is 14.5 Å². The molecule has 2 N–H and O–H groups in total. The molecule has 3 rings (SSSR count). The maximum atomic E-state index is 12.0. The van der Waals surface area contributed by atoms with Crippen LogP contribution >= 0.6 is 0 Å². The number of likely N-dealkylation sites (tertiary alicyclic amines) is 1. The van der Waals surface area contributed by atoms with E-state index in [4.69, 9.17) is 4.74 Å². The number of fused-ring (bicyclic) bond motifs is 1. The minimum atomic E-state index is -0.0968. The number of ether oxygens (including phenoxy) is 1. The maximum Gasteiger partial charge on any atom is 0.221 e. The van der Waals surface area contributed by atoms with Crippen molar-refractivity contribution in [3.8, 4) is 0 Å². The molecule has 26 heavy (non-hydrogen) atoms. The number of nitrogens with one attached hydrogen (secondary N) is 2. The molecule has 6 nitrogen and oxygen atoms in total. The van der Waals surface area contributed by atoms with Crippen molar-refractivity contribution in [2.24, 2.45) is 11.8 Å². The number of amides is 2. The Hall–Kier alpha value is -1.40. The normalized spacial score (nSPS) is 32.3. The molecule has 3 fully saturated rings. The van der Waals surface area contributed by atoms with Gasteiger partial charge in [-0.15, -0.1) is 0 Å². The van der Waals surface area contributed by atoms with Crippen LogP contribution < -0.4 is 10.6 Å². The van der Waals surface area contributed by atoms with E-state index < -0.39 is 0 Å². The Balaban J connectivity index is 1.48. The van der Waals surface area contributed by atoms with Gasteiger partial charge in [-0.1, -0.05) is 11.6 Å². The molecule has 0 saturated carbocycles. The van der Waals surface area contributed by atoms with Crippen molar-refractivity contribution in [1.29, 1.82) is 0 Å². The minimum Gasteiger partial charge on any atom is -0.370 e. The molecule has 6 heteroatoms. The molecule has 0 radical (unpaired) electrons. The molecule has 0 unspecified atom stereocenters. The maximum absolute atomic E-state index is 12.0. The molecule has 0 aromatic rings. The Morgan fingerprint density at radius 3 is 2.81 bits per heavy atom. The predicted octanol–water partition coefficient (Wildman–Crippen LogP) is 1.46. The zero-order valence-corrected chi connectivity index (χ0v) is 16.3. The quantitative estimate of drug-likeness (QED) is 0.641. The lowest BCUT2D eigenvalue weighted by atomic mass is 9.73. The van der Waals surface area contributed by atoms with Crippen LogP contribution in [0.1, 0.15) is 46.5 Å². The van der Waals surface area contributed by atoms with Crippen LogP contribution in [0.15, 0.2) is 11.6 Å². The standard InChI is InChI=1S/C20H33N3O3/c1-14(2)5-4-10-23-12-17-16(18-6-8-20(17,13-23)26-18)11-22-19(25)7-9-21-15(3)24/h5,16-18H,4,6-13H2,1-3H3,(H,21,24)(H,22,25)/t16-,17+,18+,20+/m0/s1. The Bertz CT molecular complexity index is 573. The fourth-order valence-electron chi connectivity index (χ4n) is 4.94. The van der Waals surface area contributed by atoms with Gasteiger partial charge in [0.2, 0.25) is 11.8 Å². The monoisotopic (exact) mass is 363 g/mol. The zero-order chi connectivity index (χ0) is 18.7. The molecule has 0 aromatic heterocycles. The van der Waals surface area contributed by atoms with Gasteiger partial charge in [0.05, 0.1) is 11.7 Å². The van der Waals surface area contributed by atoms with Gasteiger partial charge in [-0.2, -0.15) is 0 Å². The highest BCUT2D eigenvalue weighted by atomic mass is 16.5. The van der Waals surface area contributed by atoms with Crippen LogP contribution in [0.3, 0.4) is 0 Å². The average Bonchev–Trinajstić information content (AvgIpc) is 3.20. The first kappa shape index (κ1) is 19.4. The van der Waals surface area contributed by atoms with Crippen LogP contribution in [0.25, 0.3) is 0 Å². The fraction of sp³-hybridized carbons (Fsp3) is 0.800. The van der Waals surface area contributed by atoms with Crippen molar-refractivity contribution in [3.63, 3.8) is 0 Å². The second-order valence-electron chi connectivity index (χ2n) is 8.37. The summed E-state index contributed by atoms with van der Waals surface area (Å²) in [5, 5.41) is 5.73. The third-order valence-electron chi connectivity index (χ3n) is 6.11. The lowest BCUT2D eigenvalue weighted by Crippen LogP contribution is -2.42. The average molecular weight is 364 g/mol. The first-order chi connectivity index (χ1) is 12.4. The van der Waals surface area contributed by atoms with E-state index in [1.54, 1.807) is 0 Å². The van der Waals surface area contributed by atoms with Gasteiger partial charge >= 0.3 is 0 Å². The third-order valence-corrected chi connectivity index (χ3v) is 6.11. The van der Waals surface area contributed by atoms with Crippen LogP contribution in [-0.2, 0) is 14.3 Å². The van der Waals surface area contributed by atoms with Gasteiger partial charge in [-0.25, -0.2) is 0 Å². The van der Waals surface area contributed by atoms with Crippen LogP contribution in [0.2, 0.25) is 0 Å². The molecule has 0 aliphatic carbocycles. The molecule has 3 saturated heterocycles. The van der Waals surface area contributed by atoms with Crippen molar-refractivity contribution in [3.05, 3.63) is 11.6 Å². The van der Waals surface area contributed by atoms with E-state index in [9.17, 15) is 9.59 Å². The van der Waals surface area contributed by atoms with E-state index in [2.05, 4.69) is 35.5 Å². The lowest BCUT2D eigenvalue weighted by Gasteiger charge is -2.29. The minimum absolute atomic E-state index is 0.00832. The van der Waals surface area contributed by atoms with Gasteiger partial charge in [0.15, 0.2) is 0 Å². The fourth-order valence-corrected chi connectivity index (χ4v) is 4.94. The van der Waals surface area contributed by atoms with E-state index in [0.717, 1.165) is 38.9 Å². The summed E-state index contributed by atoms with van der Waals surface area (Å²) in [5.74, 6) is 0.861. The number of nitrogens with zero attached hydrogens (tertiary/aromatic N) is 1. The number of hydrogen-bond donors (Lipinski definition) is 2. The van der Waals surface area contributed by atoms with Gasteiger partial charge in [-0.05, 0) is 33.1 Å². The Kier molecular flexibility index (Phi) is 6.03. The Morgan fingerprint density at radius 2 is 2.08 bits per heavy atom. The highest BCUT2D eigenvalue weighted by molar-refractivity contribution is 5.77. The molecule has 4 atom stereocenters. The van der Waals surface area contributed by atoms with Crippen molar-refractivity contribution in [2.45, 2.75) is 58.2 Å². The smallest absolute Gasteiger partial charge is 0.221 e. The van der Waals surface area contributed by atoms with Crippen LogP contribution in [0.4, 0.5) is 0 Å². The van der Waals surface area contributed by atoms with Crippen molar-refractivity contribution in [2.75, 3.05) is 32.7 Å². The van der Waals surface area contributed by atoms with E-state index in [-0.39, 0.29) is 17.4 Å². The number of carbonyl (C=O) groups excluding carboxylic acids is 2.